The van der Waals surface area contributed by atoms with Crippen LogP contribution in [0.5, 0.6) is 0 Å². The molecule has 1 aromatic heterocycles. The fourth-order valence-electron chi connectivity index (χ4n) is 3.01. The van der Waals surface area contributed by atoms with E-state index in [-0.39, 0.29) is 18.0 Å². The van der Waals surface area contributed by atoms with Crippen molar-refractivity contribution in [2.24, 2.45) is 5.73 Å². The molecule has 0 saturated carbocycles. The lowest BCUT2D eigenvalue weighted by Gasteiger charge is -2.28. The molecule has 1 aliphatic heterocycles. The number of rotatable bonds is 5. The monoisotopic (exact) mass is 347 g/mol. The van der Waals surface area contributed by atoms with E-state index in [4.69, 9.17) is 10.5 Å². The predicted octanol–water partition coefficient (Wildman–Crippen LogP) is 1.47. The molecule has 0 radical (unpaired) electrons. The number of carbonyl (C=O) groups is 2. The molecule has 0 bridgehead atoms. The number of fused-ring (bicyclic) bond motifs is 1. The molecule has 1 aromatic carbocycles. The van der Waals surface area contributed by atoms with E-state index in [2.05, 4.69) is 4.98 Å². The Morgan fingerprint density at radius 3 is 2.56 bits per heavy atom. The van der Waals surface area contributed by atoms with Crippen molar-refractivity contribution in [3.05, 3.63) is 59.3 Å². The molecule has 130 valence electrons. The number of hydrogen-bond acceptors (Lipinski definition) is 4. The van der Waals surface area contributed by atoms with E-state index in [0.29, 0.717) is 5.56 Å². The molecule has 2 amide bonds. The standard InChI is InChI=1S/C17H15F2N3O3/c1-2-25-17(10-3-5-11(18)6-4-10)13-7-12(19)8-21-15(13)22(16(17)24)9-14(20)23/h3-8H,2,9H2,1H3,(H2,20,23)/t17-/m0/s1. The predicted molar refractivity (Wildman–Crippen MR) is 84.5 cm³/mol. The van der Waals surface area contributed by atoms with Gasteiger partial charge in [-0.3, -0.25) is 14.5 Å². The van der Waals surface area contributed by atoms with Gasteiger partial charge in [0, 0.05) is 12.2 Å². The zero-order valence-electron chi connectivity index (χ0n) is 13.3. The highest BCUT2D eigenvalue weighted by Gasteiger charge is 2.54. The van der Waals surface area contributed by atoms with Crippen LogP contribution in [0.3, 0.4) is 0 Å². The van der Waals surface area contributed by atoms with Crippen LogP contribution in [0.1, 0.15) is 18.1 Å². The lowest BCUT2D eigenvalue weighted by Crippen LogP contribution is -2.46. The molecule has 0 fully saturated rings. The molecule has 2 aromatic rings. The second kappa shape index (κ2) is 6.21. The van der Waals surface area contributed by atoms with Gasteiger partial charge in [-0.25, -0.2) is 13.8 Å². The largest absolute Gasteiger partial charge is 0.368 e. The number of amides is 2. The summed E-state index contributed by atoms with van der Waals surface area (Å²) in [5.41, 5.74) is 3.95. The second-order valence-electron chi connectivity index (χ2n) is 5.50. The Bertz CT molecular complexity index is 842. The van der Waals surface area contributed by atoms with Crippen molar-refractivity contribution in [2.45, 2.75) is 12.5 Å². The van der Waals surface area contributed by atoms with Crippen LogP contribution in [0.4, 0.5) is 14.6 Å². The van der Waals surface area contributed by atoms with E-state index in [0.717, 1.165) is 17.2 Å². The summed E-state index contributed by atoms with van der Waals surface area (Å²) in [7, 11) is 0. The Labute approximate surface area is 142 Å². The summed E-state index contributed by atoms with van der Waals surface area (Å²) < 4.78 is 32.9. The number of hydrogen-bond donors (Lipinski definition) is 1. The van der Waals surface area contributed by atoms with Crippen molar-refractivity contribution in [1.29, 1.82) is 0 Å². The summed E-state index contributed by atoms with van der Waals surface area (Å²) in [6.07, 6.45) is 0.937. The van der Waals surface area contributed by atoms with E-state index in [1.807, 2.05) is 0 Å². The number of aromatic nitrogens is 1. The summed E-state index contributed by atoms with van der Waals surface area (Å²) in [5.74, 6) is -2.46. The van der Waals surface area contributed by atoms with E-state index in [1.54, 1.807) is 6.92 Å². The summed E-state index contributed by atoms with van der Waals surface area (Å²) >= 11 is 0. The Balaban J connectivity index is 2.27. The number of nitrogens with zero attached hydrogens (tertiary/aromatic N) is 2. The van der Waals surface area contributed by atoms with Crippen LogP contribution in [-0.2, 0) is 19.9 Å². The second-order valence-corrected chi connectivity index (χ2v) is 5.50. The minimum absolute atomic E-state index is 0.0861. The highest BCUT2D eigenvalue weighted by atomic mass is 19.1. The summed E-state index contributed by atoms with van der Waals surface area (Å²) in [5, 5.41) is 0. The minimum atomic E-state index is -1.72. The molecule has 0 saturated heterocycles. The number of benzene rings is 1. The van der Waals surface area contributed by atoms with Crippen LogP contribution in [0.25, 0.3) is 0 Å². The summed E-state index contributed by atoms with van der Waals surface area (Å²) in [6.45, 7) is 1.35. The Morgan fingerprint density at radius 1 is 1.28 bits per heavy atom. The lowest BCUT2D eigenvalue weighted by atomic mass is 9.88. The number of anilines is 1. The molecular weight excluding hydrogens is 332 g/mol. The van der Waals surface area contributed by atoms with Crippen LogP contribution in [0.2, 0.25) is 0 Å². The van der Waals surface area contributed by atoms with Gasteiger partial charge in [0.2, 0.25) is 11.5 Å². The van der Waals surface area contributed by atoms with Gasteiger partial charge in [0.05, 0.1) is 6.20 Å². The first kappa shape index (κ1) is 17.0. The first-order valence-electron chi connectivity index (χ1n) is 7.56. The maximum Gasteiger partial charge on any atom is 0.270 e. The fraction of sp³-hybridized carbons (Fsp3) is 0.235. The van der Waals surface area contributed by atoms with Crippen LogP contribution in [0, 0.1) is 11.6 Å². The van der Waals surface area contributed by atoms with Crippen molar-refractivity contribution in [1.82, 2.24) is 4.98 Å². The molecule has 2 N–H and O–H groups in total. The third-order valence-corrected chi connectivity index (χ3v) is 3.94. The number of halogens is 2. The van der Waals surface area contributed by atoms with Gasteiger partial charge in [0.1, 0.15) is 24.0 Å². The number of nitrogens with two attached hydrogens (primary N) is 1. The van der Waals surface area contributed by atoms with Gasteiger partial charge >= 0.3 is 0 Å². The molecular formula is C17H15F2N3O3. The van der Waals surface area contributed by atoms with Crippen molar-refractivity contribution in [3.8, 4) is 0 Å². The zero-order chi connectivity index (χ0) is 18.2. The van der Waals surface area contributed by atoms with Crippen molar-refractivity contribution in [3.63, 3.8) is 0 Å². The Kier molecular flexibility index (Phi) is 4.22. The summed E-state index contributed by atoms with van der Waals surface area (Å²) in [6, 6.07) is 6.23. The molecule has 1 atom stereocenters. The van der Waals surface area contributed by atoms with Crippen molar-refractivity contribution >= 4 is 17.6 Å². The molecule has 1 aliphatic rings. The molecule has 6 nitrogen and oxygen atoms in total. The Morgan fingerprint density at radius 2 is 1.96 bits per heavy atom. The van der Waals surface area contributed by atoms with Gasteiger partial charge in [0.15, 0.2) is 0 Å². The van der Waals surface area contributed by atoms with Gasteiger partial charge < -0.3 is 10.5 Å². The van der Waals surface area contributed by atoms with Crippen LogP contribution < -0.4 is 10.6 Å². The molecule has 25 heavy (non-hydrogen) atoms. The number of ether oxygens (including phenoxy) is 1. The molecule has 2 heterocycles. The maximum atomic E-state index is 13.8. The number of primary amides is 1. The van der Waals surface area contributed by atoms with E-state index >= 15 is 0 Å². The molecule has 0 unspecified atom stereocenters. The zero-order valence-corrected chi connectivity index (χ0v) is 13.3. The van der Waals surface area contributed by atoms with Gasteiger partial charge in [-0.1, -0.05) is 12.1 Å². The van der Waals surface area contributed by atoms with E-state index in [1.165, 1.54) is 24.3 Å². The van der Waals surface area contributed by atoms with Gasteiger partial charge in [-0.2, -0.15) is 0 Å². The fourth-order valence-corrected chi connectivity index (χ4v) is 3.01. The SMILES string of the molecule is CCO[C@]1(c2ccc(F)cc2)C(=O)N(CC(N)=O)c2ncc(F)cc21. The normalized spacial score (nSPS) is 19.2. The quantitative estimate of drug-likeness (QED) is 0.888. The van der Waals surface area contributed by atoms with E-state index < -0.39 is 35.6 Å². The van der Waals surface area contributed by atoms with E-state index in [9.17, 15) is 18.4 Å². The topological polar surface area (TPSA) is 85.5 Å². The third kappa shape index (κ3) is 2.64. The number of carbonyl (C=O) groups excluding carboxylic acids is 2. The summed E-state index contributed by atoms with van der Waals surface area (Å²) in [4.78, 5) is 29.5. The van der Waals surface area contributed by atoms with Crippen molar-refractivity contribution < 1.29 is 23.1 Å². The van der Waals surface area contributed by atoms with Crippen LogP contribution in [-0.4, -0.2) is 29.9 Å². The first-order valence-corrected chi connectivity index (χ1v) is 7.56. The highest BCUT2D eigenvalue weighted by Crippen LogP contribution is 2.46. The smallest absolute Gasteiger partial charge is 0.270 e. The van der Waals surface area contributed by atoms with Gasteiger partial charge in [0.25, 0.3) is 5.91 Å². The molecule has 0 spiro atoms. The third-order valence-electron chi connectivity index (χ3n) is 3.94. The average molecular weight is 347 g/mol. The van der Waals surface area contributed by atoms with Crippen LogP contribution >= 0.6 is 0 Å². The lowest BCUT2D eigenvalue weighted by molar-refractivity contribution is -0.138. The van der Waals surface area contributed by atoms with Crippen LogP contribution in [0.15, 0.2) is 36.5 Å². The number of pyridine rings is 1. The molecule has 3 rings (SSSR count). The Hall–Kier alpha value is -2.87. The molecule has 0 aliphatic carbocycles. The molecule has 8 heteroatoms. The van der Waals surface area contributed by atoms with Crippen molar-refractivity contribution in [2.75, 3.05) is 18.1 Å². The first-order chi connectivity index (χ1) is 11.9. The minimum Gasteiger partial charge on any atom is -0.368 e. The average Bonchev–Trinajstić information content (AvgIpc) is 2.78. The highest BCUT2D eigenvalue weighted by molar-refractivity contribution is 6.10. The van der Waals surface area contributed by atoms with Gasteiger partial charge in [-0.05, 0) is 30.7 Å². The maximum absolute atomic E-state index is 13.8. The van der Waals surface area contributed by atoms with Gasteiger partial charge in [-0.15, -0.1) is 0 Å².